The number of aromatic nitrogens is 3. The molecular formula is C25H23Cl2F2N5O3. The predicted octanol–water partition coefficient (Wildman–Crippen LogP) is 5.49. The number of rotatable bonds is 4. The normalized spacial score (nSPS) is 17.1. The lowest BCUT2D eigenvalue weighted by Gasteiger charge is -2.33. The van der Waals surface area contributed by atoms with Gasteiger partial charge < -0.3 is 9.30 Å². The van der Waals surface area contributed by atoms with E-state index in [0.717, 1.165) is 12.3 Å². The van der Waals surface area contributed by atoms with Crippen LogP contribution in [0.5, 0.6) is 0 Å². The Labute approximate surface area is 221 Å². The van der Waals surface area contributed by atoms with E-state index in [9.17, 15) is 14.0 Å². The molecule has 0 radical (unpaired) electrons. The number of aliphatic imine (C=N–C) groups is 1. The first kappa shape index (κ1) is 26.7. The highest BCUT2D eigenvalue weighted by Gasteiger charge is 2.38. The van der Waals surface area contributed by atoms with E-state index in [2.05, 4.69) is 20.3 Å². The molecule has 1 aromatic carbocycles. The van der Waals surface area contributed by atoms with E-state index >= 15 is 4.39 Å². The third kappa shape index (κ3) is 5.80. The summed E-state index contributed by atoms with van der Waals surface area (Å²) in [5.41, 5.74) is -1.32. The second kappa shape index (κ2) is 9.83. The first-order valence-corrected chi connectivity index (χ1v) is 12.0. The minimum Gasteiger partial charge on any atom is -0.444 e. The van der Waals surface area contributed by atoms with Crippen LogP contribution in [0.1, 0.15) is 55.1 Å². The summed E-state index contributed by atoms with van der Waals surface area (Å²) in [4.78, 5) is 37.8. The summed E-state index contributed by atoms with van der Waals surface area (Å²) in [5, 5.41) is 2.65. The molecule has 0 spiro atoms. The number of ether oxygens (including phenoxy) is 1. The van der Waals surface area contributed by atoms with Gasteiger partial charge in [-0.3, -0.25) is 20.1 Å². The molecule has 0 aliphatic carbocycles. The average Bonchev–Trinajstić information content (AvgIpc) is 3.08. The molecule has 1 unspecified atom stereocenters. The SMILES string of the molecule is CC(C)(C)OC(=O)NC1=NC(C)(c2cc(CC(=O)c3ccc(F)cn3)ccc2F)Cn2c1nc(Cl)c2Cl. The van der Waals surface area contributed by atoms with Crippen LogP contribution in [0.3, 0.4) is 0 Å². The molecule has 4 rings (SSSR count). The smallest absolute Gasteiger partial charge is 0.413 e. The summed E-state index contributed by atoms with van der Waals surface area (Å²) in [5.74, 6) is -1.32. The lowest BCUT2D eigenvalue weighted by molar-refractivity contribution is 0.0562. The van der Waals surface area contributed by atoms with Crippen LogP contribution in [0, 0.1) is 11.6 Å². The number of ketones is 1. The molecule has 1 atom stereocenters. The fourth-order valence-electron chi connectivity index (χ4n) is 3.91. The number of halogens is 4. The highest BCUT2D eigenvalue weighted by Crippen LogP contribution is 2.37. The van der Waals surface area contributed by atoms with Crippen molar-refractivity contribution in [3.05, 3.63) is 81.1 Å². The Morgan fingerprint density at radius 3 is 2.57 bits per heavy atom. The van der Waals surface area contributed by atoms with Gasteiger partial charge in [-0.2, -0.15) is 0 Å². The number of imidazole rings is 1. The molecule has 3 heterocycles. The van der Waals surface area contributed by atoms with E-state index in [-0.39, 0.29) is 52.0 Å². The van der Waals surface area contributed by atoms with Crippen LogP contribution in [0.25, 0.3) is 0 Å². The molecule has 194 valence electrons. The van der Waals surface area contributed by atoms with Gasteiger partial charge in [0.05, 0.1) is 12.7 Å². The number of Topliss-reactive ketones (excluding diaryl/α,β-unsaturated/α-hetero) is 1. The maximum absolute atomic E-state index is 15.2. The Morgan fingerprint density at radius 1 is 1.19 bits per heavy atom. The number of alkyl carbamates (subject to hydrolysis) is 1. The number of hydrogen-bond acceptors (Lipinski definition) is 6. The Balaban J connectivity index is 1.71. The van der Waals surface area contributed by atoms with Crippen LogP contribution in [0.4, 0.5) is 13.6 Å². The molecule has 0 saturated heterocycles. The summed E-state index contributed by atoms with van der Waals surface area (Å²) in [6.07, 6.45) is 0.0686. The molecule has 3 aromatic rings. The topological polar surface area (TPSA) is 98.5 Å². The highest BCUT2D eigenvalue weighted by atomic mass is 35.5. The predicted molar refractivity (Wildman–Crippen MR) is 134 cm³/mol. The number of benzene rings is 1. The lowest BCUT2D eigenvalue weighted by atomic mass is 9.88. The van der Waals surface area contributed by atoms with Gasteiger partial charge in [-0.1, -0.05) is 29.3 Å². The minimum absolute atomic E-state index is 0.00630. The molecule has 1 N–H and O–H groups in total. The first-order valence-electron chi connectivity index (χ1n) is 11.2. The summed E-state index contributed by atoms with van der Waals surface area (Å²) >= 11 is 12.5. The second-order valence-corrected chi connectivity index (χ2v) is 10.5. The van der Waals surface area contributed by atoms with Gasteiger partial charge >= 0.3 is 6.09 Å². The number of hydrogen-bond donors (Lipinski definition) is 1. The molecule has 1 aliphatic rings. The van der Waals surface area contributed by atoms with Gasteiger partial charge in [0.2, 0.25) is 0 Å². The molecule has 12 heteroatoms. The van der Waals surface area contributed by atoms with E-state index in [1.165, 1.54) is 28.8 Å². The van der Waals surface area contributed by atoms with Gasteiger partial charge in [0.15, 0.2) is 22.6 Å². The first-order chi connectivity index (χ1) is 17.3. The largest absolute Gasteiger partial charge is 0.444 e. The van der Waals surface area contributed by atoms with Crippen molar-refractivity contribution in [2.45, 2.75) is 51.8 Å². The van der Waals surface area contributed by atoms with Gasteiger partial charge in [-0.05, 0) is 57.5 Å². The molecule has 37 heavy (non-hydrogen) atoms. The van der Waals surface area contributed by atoms with Crippen LogP contribution in [0.15, 0.2) is 41.5 Å². The van der Waals surface area contributed by atoms with Crippen molar-refractivity contribution < 1.29 is 23.1 Å². The monoisotopic (exact) mass is 549 g/mol. The number of amides is 1. The minimum atomic E-state index is -1.28. The van der Waals surface area contributed by atoms with Gasteiger partial charge in [-0.25, -0.2) is 18.6 Å². The van der Waals surface area contributed by atoms with Crippen LogP contribution in [0.2, 0.25) is 10.3 Å². The zero-order chi connectivity index (χ0) is 27.1. The maximum Gasteiger partial charge on any atom is 0.413 e. The number of carbonyl (C=O) groups is 2. The van der Waals surface area contributed by atoms with Gasteiger partial charge in [0.1, 0.15) is 33.6 Å². The van der Waals surface area contributed by atoms with E-state index in [1.54, 1.807) is 27.7 Å². The fourth-order valence-corrected chi connectivity index (χ4v) is 4.27. The van der Waals surface area contributed by atoms with Crippen molar-refractivity contribution >= 4 is 40.9 Å². The number of pyridine rings is 1. The van der Waals surface area contributed by atoms with E-state index in [0.29, 0.717) is 5.56 Å². The van der Waals surface area contributed by atoms with Crippen LogP contribution in [-0.2, 0) is 23.2 Å². The van der Waals surface area contributed by atoms with Gasteiger partial charge in [0.25, 0.3) is 0 Å². The van der Waals surface area contributed by atoms with Crippen molar-refractivity contribution in [1.29, 1.82) is 0 Å². The Kier molecular flexibility index (Phi) is 7.09. The quantitative estimate of drug-likeness (QED) is 0.434. The standard InChI is InChI=1S/C25H23Cl2F2N5O3/c1-24(2,3)37-23(36)32-21-22-31-19(26)20(27)34(22)12-25(4,33-21)15-9-13(5-7-16(15)29)10-18(35)17-8-6-14(28)11-30-17/h5-9,11H,10,12H2,1-4H3,(H,32,33,36). The molecule has 2 aromatic heterocycles. The van der Waals surface area contributed by atoms with E-state index < -0.39 is 28.9 Å². The Morgan fingerprint density at radius 2 is 1.92 bits per heavy atom. The van der Waals surface area contributed by atoms with Crippen LogP contribution < -0.4 is 5.32 Å². The second-order valence-electron chi connectivity index (χ2n) is 9.74. The third-order valence-corrected chi connectivity index (χ3v) is 6.25. The number of carbonyl (C=O) groups excluding carboxylic acids is 2. The average molecular weight is 550 g/mol. The molecule has 1 amide bonds. The summed E-state index contributed by atoms with van der Waals surface area (Å²) < 4.78 is 35.2. The summed E-state index contributed by atoms with van der Waals surface area (Å²) in [6, 6.07) is 6.65. The van der Waals surface area contributed by atoms with Crippen molar-refractivity contribution in [3.63, 3.8) is 0 Å². The Bertz CT molecular complexity index is 1420. The van der Waals surface area contributed by atoms with Crippen LogP contribution >= 0.6 is 23.2 Å². The fraction of sp³-hybridized carbons (Fsp3) is 0.320. The van der Waals surface area contributed by atoms with Crippen LogP contribution in [-0.4, -0.2) is 37.8 Å². The summed E-state index contributed by atoms with van der Waals surface area (Å²) in [6.45, 7) is 6.82. The number of amidine groups is 1. The zero-order valence-corrected chi connectivity index (χ0v) is 21.9. The zero-order valence-electron chi connectivity index (χ0n) is 20.4. The number of nitrogens with zero attached hydrogens (tertiary/aromatic N) is 4. The molecule has 0 fully saturated rings. The summed E-state index contributed by atoms with van der Waals surface area (Å²) in [7, 11) is 0. The Hall–Kier alpha value is -3.37. The van der Waals surface area contributed by atoms with Gasteiger partial charge in [0, 0.05) is 12.0 Å². The molecule has 1 aliphatic heterocycles. The van der Waals surface area contributed by atoms with Crippen molar-refractivity contribution in [1.82, 2.24) is 19.9 Å². The van der Waals surface area contributed by atoms with Gasteiger partial charge in [-0.15, -0.1) is 0 Å². The van der Waals surface area contributed by atoms with Crippen molar-refractivity contribution in [2.75, 3.05) is 0 Å². The number of fused-ring (bicyclic) bond motifs is 1. The van der Waals surface area contributed by atoms with Crippen molar-refractivity contribution in [3.8, 4) is 0 Å². The molecule has 0 bridgehead atoms. The lowest BCUT2D eigenvalue weighted by Crippen LogP contribution is -2.44. The highest BCUT2D eigenvalue weighted by molar-refractivity contribution is 6.41. The van der Waals surface area contributed by atoms with Crippen molar-refractivity contribution in [2.24, 2.45) is 4.99 Å². The third-order valence-electron chi connectivity index (χ3n) is 5.51. The molecule has 0 saturated carbocycles. The molecular weight excluding hydrogens is 527 g/mol. The maximum atomic E-state index is 15.2. The van der Waals surface area contributed by atoms with E-state index in [1.807, 2.05) is 0 Å². The molecule has 8 nitrogen and oxygen atoms in total. The number of nitrogens with one attached hydrogen (secondary N) is 1. The van der Waals surface area contributed by atoms with E-state index in [4.69, 9.17) is 27.9 Å².